The van der Waals surface area contributed by atoms with E-state index in [2.05, 4.69) is 6.92 Å². The molecule has 3 nitrogen and oxygen atoms in total. The number of carbonyl (C=O) groups is 1. The molecule has 1 aromatic rings. The van der Waals surface area contributed by atoms with Crippen LogP contribution in [-0.2, 0) is 0 Å². The van der Waals surface area contributed by atoms with Crippen molar-refractivity contribution in [3.8, 4) is 0 Å². The van der Waals surface area contributed by atoms with Crippen LogP contribution in [0.15, 0.2) is 24.3 Å². The van der Waals surface area contributed by atoms with Gasteiger partial charge < -0.3 is 10.6 Å². The van der Waals surface area contributed by atoms with E-state index in [0.29, 0.717) is 23.2 Å². The summed E-state index contributed by atoms with van der Waals surface area (Å²) in [7, 11) is 1.86. The molecule has 0 radical (unpaired) electrons. The van der Waals surface area contributed by atoms with E-state index in [0.717, 1.165) is 0 Å². The van der Waals surface area contributed by atoms with E-state index >= 15 is 0 Å². The molecule has 1 aliphatic rings. The second-order valence-corrected chi connectivity index (χ2v) is 4.58. The van der Waals surface area contributed by atoms with Gasteiger partial charge in [-0.1, -0.05) is 12.1 Å². The van der Waals surface area contributed by atoms with E-state index in [-0.39, 0.29) is 5.91 Å². The highest BCUT2D eigenvalue weighted by atomic mass is 16.2. The lowest BCUT2D eigenvalue weighted by Gasteiger charge is -2.25. The molecular weight excluding hydrogens is 200 g/mol. The topological polar surface area (TPSA) is 46.3 Å². The number of hydrogen-bond acceptors (Lipinski definition) is 2. The number of nitrogens with two attached hydrogens (primary N) is 1. The zero-order chi connectivity index (χ0) is 11.7. The number of rotatable bonds is 3. The summed E-state index contributed by atoms with van der Waals surface area (Å²) < 4.78 is 0. The van der Waals surface area contributed by atoms with Gasteiger partial charge in [0.15, 0.2) is 0 Å². The van der Waals surface area contributed by atoms with Crippen LogP contribution < -0.4 is 5.73 Å². The molecule has 0 aromatic heterocycles. The van der Waals surface area contributed by atoms with Gasteiger partial charge in [0.05, 0.1) is 5.56 Å². The normalized spacial score (nSPS) is 16.9. The molecule has 2 N–H and O–H groups in total. The van der Waals surface area contributed by atoms with Gasteiger partial charge in [-0.3, -0.25) is 4.79 Å². The summed E-state index contributed by atoms with van der Waals surface area (Å²) in [5, 5.41) is 0. The number of nitrogen functional groups attached to an aromatic ring is 1. The molecule has 0 heterocycles. The molecule has 0 spiro atoms. The zero-order valence-electron chi connectivity index (χ0n) is 9.81. The van der Waals surface area contributed by atoms with Crippen LogP contribution >= 0.6 is 0 Å². The number of nitrogens with zero attached hydrogens (tertiary/aromatic N) is 1. The molecule has 1 amide bonds. The minimum Gasteiger partial charge on any atom is -0.398 e. The minimum atomic E-state index is 0.0255. The van der Waals surface area contributed by atoms with E-state index in [4.69, 9.17) is 5.73 Å². The predicted molar refractivity (Wildman–Crippen MR) is 65.1 cm³/mol. The van der Waals surface area contributed by atoms with Crippen LogP contribution in [0.2, 0.25) is 0 Å². The lowest BCUT2D eigenvalue weighted by molar-refractivity contribution is 0.0728. The van der Waals surface area contributed by atoms with Gasteiger partial charge in [0, 0.05) is 18.8 Å². The van der Waals surface area contributed by atoms with Gasteiger partial charge in [0.1, 0.15) is 0 Å². The summed E-state index contributed by atoms with van der Waals surface area (Å²) in [4.78, 5) is 14.0. The fourth-order valence-electron chi connectivity index (χ4n) is 1.96. The molecule has 0 saturated heterocycles. The van der Waals surface area contributed by atoms with Crippen LogP contribution in [-0.4, -0.2) is 23.9 Å². The lowest BCUT2D eigenvalue weighted by atomic mass is 10.1. The standard InChI is InChI=1S/C13H18N2O/c1-9(10-7-8-10)15(2)13(16)11-5-3-4-6-12(11)14/h3-6,9-10H,7-8,14H2,1-2H3. The molecule has 16 heavy (non-hydrogen) atoms. The van der Waals surface area contributed by atoms with Crippen LogP contribution in [0.25, 0.3) is 0 Å². The van der Waals surface area contributed by atoms with Crippen molar-refractivity contribution in [2.24, 2.45) is 5.92 Å². The van der Waals surface area contributed by atoms with E-state index in [1.807, 2.05) is 24.1 Å². The third-order valence-electron chi connectivity index (χ3n) is 3.43. The largest absolute Gasteiger partial charge is 0.398 e. The summed E-state index contributed by atoms with van der Waals surface area (Å²) >= 11 is 0. The van der Waals surface area contributed by atoms with Gasteiger partial charge in [0.2, 0.25) is 0 Å². The molecule has 0 aliphatic heterocycles. The summed E-state index contributed by atoms with van der Waals surface area (Å²) in [5.74, 6) is 0.705. The smallest absolute Gasteiger partial charge is 0.255 e. The molecule has 2 rings (SSSR count). The molecule has 3 heteroatoms. The van der Waals surface area contributed by atoms with Crippen LogP contribution in [0, 0.1) is 5.92 Å². The number of benzene rings is 1. The molecule has 1 atom stereocenters. The van der Waals surface area contributed by atoms with Gasteiger partial charge in [-0.2, -0.15) is 0 Å². The molecule has 1 aliphatic carbocycles. The van der Waals surface area contributed by atoms with Crippen molar-refractivity contribution < 1.29 is 4.79 Å². The number of carbonyl (C=O) groups excluding carboxylic acids is 1. The Morgan fingerprint density at radius 3 is 2.62 bits per heavy atom. The van der Waals surface area contributed by atoms with E-state index in [9.17, 15) is 4.79 Å². The van der Waals surface area contributed by atoms with E-state index < -0.39 is 0 Å². The molecule has 1 aromatic carbocycles. The third-order valence-corrected chi connectivity index (χ3v) is 3.43. The Kier molecular flexibility index (Phi) is 2.86. The molecule has 1 fully saturated rings. The van der Waals surface area contributed by atoms with Gasteiger partial charge in [-0.25, -0.2) is 0 Å². The first-order chi connectivity index (χ1) is 7.61. The average Bonchev–Trinajstić information content (AvgIpc) is 3.11. The first-order valence-corrected chi connectivity index (χ1v) is 5.73. The second kappa shape index (κ2) is 4.16. The number of hydrogen-bond donors (Lipinski definition) is 1. The van der Waals surface area contributed by atoms with Crippen molar-refractivity contribution in [2.45, 2.75) is 25.8 Å². The van der Waals surface area contributed by atoms with Crippen molar-refractivity contribution in [1.29, 1.82) is 0 Å². The summed E-state index contributed by atoms with van der Waals surface area (Å²) in [6, 6.07) is 7.55. The number of amides is 1. The Morgan fingerprint density at radius 1 is 1.44 bits per heavy atom. The maximum atomic E-state index is 12.2. The summed E-state index contributed by atoms with van der Waals surface area (Å²) in [5.41, 5.74) is 6.97. The van der Waals surface area contributed by atoms with Crippen molar-refractivity contribution in [1.82, 2.24) is 4.90 Å². The number of anilines is 1. The van der Waals surface area contributed by atoms with Crippen molar-refractivity contribution in [3.63, 3.8) is 0 Å². The monoisotopic (exact) mass is 218 g/mol. The molecule has 1 saturated carbocycles. The third kappa shape index (κ3) is 2.03. The van der Waals surface area contributed by atoms with Crippen LogP contribution in [0.4, 0.5) is 5.69 Å². The Labute approximate surface area is 96.2 Å². The van der Waals surface area contributed by atoms with E-state index in [1.165, 1.54) is 12.8 Å². The highest BCUT2D eigenvalue weighted by molar-refractivity contribution is 5.99. The number of para-hydroxylation sites is 1. The first-order valence-electron chi connectivity index (χ1n) is 5.73. The van der Waals surface area contributed by atoms with Gasteiger partial charge >= 0.3 is 0 Å². The molecule has 1 unspecified atom stereocenters. The van der Waals surface area contributed by atoms with Crippen molar-refractivity contribution >= 4 is 11.6 Å². The van der Waals surface area contributed by atoms with Gasteiger partial charge in [-0.15, -0.1) is 0 Å². The Hall–Kier alpha value is -1.51. The highest BCUT2D eigenvalue weighted by Gasteiger charge is 2.32. The molecule has 86 valence electrons. The SMILES string of the molecule is CC(C1CC1)N(C)C(=O)c1ccccc1N. The van der Waals surface area contributed by atoms with E-state index in [1.54, 1.807) is 12.1 Å². The molecule has 0 bridgehead atoms. The van der Waals surface area contributed by atoms with Crippen molar-refractivity contribution in [3.05, 3.63) is 29.8 Å². The average molecular weight is 218 g/mol. The maximum Gasteiger partial charge on any atom is 0.255 e. The zero-order valence-corrected chi connectivity index (χ0v) is 9.81. The van der Waals surface area contributed by atoms with Gasteiger partial charge in [0.25, 0.3) is 5.91 Å². The fourth-order valence-corrected chi connectivity index (χ4v) is 1.96. The predicted octanol–water partition coefficient (Wildman–Crippen LogP) is 2.14. The van der Waals surface area contributed by atoms with Crippen LogP contribution in [0.5, 0.6) is 0 Å². The fraction of sp³-hybridized carbons (Fsp3) is 0.462. The quantitative estimate of drug-likeness (QED) is 0.790. The Balaban J connectivity index is 2.15. The summed E-state index contributed by atoms with van der Waals surface area (Å²) in [6.45, 7) is 2.11. The van der Waals surface area contributed by atoms with Crippen molar-refractivity contribution in [2.75, 3.05) is 12.8 Å². The Bertz CT molecular complexity index is 399. The lowest BCUT2D eigenvalue weighted by Crippen LogP contribution is -2.36. The summed E-state index contributed by atoms with van der Waals surface area (Å²) in [6.07, 6.45) is 2.48. The molecular formula is C13H18N2O. The highest BCUT2D eigenvalue weighted by Crippen LogP contribution is 2.35. The Morgan fingerprint density at radius 2 is 2.06 bits per heavy atom. The second-order valence-electron chi connectivity index (χ2n) is 4.58. The van der Waals surface area contributed by atoms with Crippen LogP contribution in [0.3, 0.4) is 0 Å². The van der Waals surface area contributed by atoms with Crippen LogP contribution in [0.1, 0.15) is 30.1 Å². The maximum absolute atomic E-state index is 12.2. The van der Waals surface area contributed by atoms with Gasteiger partial charge in [-0.05, 0) is 37.8 Å². The minimum absolute atomic E-state index is 0.0255. The first kappa shape index (κ1) is 11.0.